The van der Waals surface area contributed by atoms with E-state index in [1.165, 1.54) is 5.57 Å². The number of aliphatic hydroxyl groups excluding tert-OH is 1. The highest BCUT2D eigenvalue weighted by Gasteiger charge is 2.61. The summed E-state index contributed by atoms with van der Waals surface area (Å²) in [6.07, 6.45) is 7.86. The molecule has 0 aliphatic heterocycles. The molecule has 3 saturated carbocycles. The highest BCUT2D eigenvalue weighted by atomic mass is 16.3. The van der Waals surface area contributed by atoms with Crippen molar-refractivity contribution in [3.63, 3.8) is 0 Å². The molecule has 0 radical (unpaired) electrons. The third kappa shape index (κ3) is 1.97. The highest BCUT2D eigenvalue weighted by Crippen LogP contribution is 2.64. The molecule has 0 aromatic heterocycles. The predicted molar refractivity (Wildman–Crippen MR) is 87.7 cm³/mol. The molecular weight excluding hydrogens is 290 g/mol. The van der Waals surface area contributed by atoms with Gasteiger partial charge in [0.2, 0.25) is 0 Å². The molecule has 126 valence electrons. The van der Waals surface area contributed by atoms with Crippen LogP contribution in [0, 0.1) is 33.5 Å². The second kappa shape index (κ2) is 4.98. The van der Waals surface area contributed by atoms with Crippen molar-refractivity contribution in [3.05, 3.63) is 16.6 Å². The van der Waals surface area contributed by atoms with Crippen molar-refractivity contribution in [2.45, 2.75) is 70.9 Å². The highest BCUT2D eigenvalue weighted by molar-refractivity contribution is 5.87. The van der Waals surface area contributed by atoms with E-state index in [-0.39, 0.29) is 28.9 Å². The Labute approximate surface area is 137 Å². The van der Waals surface area contributed by atoms with Crippen molar-refractivity contribution in [1.82, 2.24) is 0 Å². The van der Waals surface area contributed by atoms with Crippen LogP contribution in [0.3, 0.4) is 0 Å². The Morgan fingerprint density at radius 3 is 2.57 bits per heavy atom. The minimum atomic E-state index is -0.316. The monoisotopic (exact) mass is 317 g/mol. The minimum absolute atomic E-state index is 0.0814. The van der Waals surface area contributed by atoms with Gasteiger partial charge in [0, 0.05) is 11.8 Å². The normalized spacial score (nSPS) is 52.2. The van der Waals surface area contributed by atoms with E-state index in [0.29, 0.717) is 30.5 Å². The van der Waals surface area contributed by atoms with Gasteiger partial charge in [-0.3, -0.25) is 4.79 Å². The fourth-order valence-corrected chi connectivity index (χ4v) is 6.50. The molecule has 0 amide bonds. The lowest BCUT2D eigenvalue weighted by Gasteiger charge is -2.57. The van der Waals surface area contributed by atoms with Gasteiger partial charge in [-0.05, 0) is 61.7 Å². The molecule has 4 aliphatic rings. The summed E-state index contributed by atoms with van der Waals surface area (Å²) in [4.78, 5) is 24.1. The number of rotatable bonds is 1. The van der Waals surface area contributed by atoms with Crippen LogP contribution in [0.15, 0.2) is 16.8 Å². The Bertz CT molecular complexity index is 585. The summed E-state index contributed by atoms with van der Waals surface area (Å²) in [5.74, 6) is 1.34. The van der Waals surface area contributed by atoms with Crippen LogP contribution in [0.2, 0.25) is 0 Å². The molecule has 0 spiro atoms. The van der Waals surface area contributed by atoms with Crippen molar-refractivity contribution in [3.8, 4) is 0 Å². The number of ketones is 1. The van der Waals surface area contributed by atoms with Crippen LogP contribution < -0.4 is 0 Å². The van der Waals surface area contributed by atoms with E-state index in [1.54, 1.807) is 0 Å². The third-order valence-corrected chi connectivity index (χ3v) is 7.93. The molecule has 7 atom stereocenters. The van der Waals surface area contributed by atoms with Crippen molar-refractivity contribution in [2.75, 3.05) is 0 Å². The molecule has 0 aromatic carbocycles. The van der Waals surface area contributed by atoms with Crippen LogP contribution >= 0.6 is 0 Å². The quantitative estimate of drug-likeness (QED) is 0.593. The number of carbonyl (C=O) groups excluding carboxylic acids is 1. The second-order valence-electron chi connectivity index (χ2n) is 8.81. The largest absolute Gasteiger partial charge is 0.393 e. The van der Waals surface area contributed by atoms with Gasteiger partial charge in [0.05, 0.1) is 6.10 Å². The molecule has 0 aromatic rings. The Hall–Kier alpha value is -1.03. The van der Waals surface area contributed by atoms with E-state index in [2.05, 4.69) is 25.1 Å². The number of Topliss-reactive ketones (excluding diaryl/α,β-unsaturated/α-hetero) is 1. The van der Waals surface area contributed by atoms with Crippen molar-refractivity contribution in [1.29, 1.82) is 0 Å². The van der Waals surface area contributed by atoms with E-state index in [0.717, 1.165) is 32.1 Å². The summed E-state index contributed by atoms with van der Waals surface area (Å²) in [6, 6.07) is -0.316. The van der Waals surface area contributed by atoms with Crippen LogP contribution in [-0.4, -0.2) is 23.0 Å². The van der Waals surface area contributed by atoms with Gasteiger partial charge < -0.3 is 5.11 Å². The molecule has 4 heteroatoms. The first-order chi connectivity index (χ1) is 10.9. The smallest absolute Gasteiger partial charge is 0.139 e. The number of hydrogen-bond acceptors (Lipinski definition) is 4. The molecule has 2 unspecified atom stereocenters. The van der Waals surface area contributed by atoms with Crippen LogP contribution in [0.4, 0.5) is 0 Å². The molecule has 23 heavy (non-hydrogen) atoms. The van der Waals surface area contributed by atoms with Gasteiger partial charge >= 0.3 is 0 Å². The molecule has 4 rings (SSSR count). The van der Waals surface area contributed by atoms with Crippen LogP contribution in [-0.2, 0) is 4.79 Å². The Balaban J connectivity index is 1.78. The zero-order chi connectivity index (χ0) is 16.4. The molecule has 0 saturated heterocycles. The SMILES string of the molecule is C[C@]12CCC(O)CC1=CC(N=O)[C@@H]1[C@H]2CC[C@]2(C)C(=O)CC[C@@H]12. The van der Waals surface area contributed by atoms with Gasteiger partial charge in [-0.25, -0.2) is 0 Å². The lowest BCUT2D eigenvalue weighted by Crippen LogP contribution is -2.54. The molecule has 1 N–H and O–H groups in total. The molecule has 3 fully saturated rings. The summed E-state index contributed by atoms with van der Waals surface area (Å²) in [5.41, 5.74) is 1.09. The number of nitroso groups, excluding NO2 is 1. The molecular formula is C19H27NO3. The summed E-state index contributed by atoms with van der Waals surface area (Å²) < 4.78 is 0. The molecule has 4 nitrogen and oxygen atoms in total. The Morgan fingerprint density at radius 1 is 1.13 bits per heavy atom. The van der Waals surface area contributed by atoms with Crippen molar-refractivity contribution < 1.29 is 9.90 Å². The number of nitrogens with zero attached hydrogens (tertiary/aromatic N) is 1. The van der Waals surface area contributed by atoms with Gasteiger partial charge in [0.15, 0.2) is 0 Å². The number of carbonyl (C=O) groups is 1. The first-order valence-corrected chi connectivity index (χ1v) is 9.15. The van der Waals surface area contributed by atoms with Crippen molar-refractivity contribution in [2.24, 2.45) is 33.8 Å². The summed E-state index contributed by atoms with van der Waals surface area (Å²) >= 11 is 0. The maximum atomic E-state index is 12.4. The molecule has 0 bridgehead atoms. The summed E-state index contributed by atoms with van der Waals surface area (Å²) in [6.45, 7) is 4.44. The van der Waals surface area contributed by atoms with Crippen molar-refractivity contribution >= 4 is 5.78 Å². The number of fused-ring (bicyclic) bond motifs is 5. The van der Waals surface area contributed by atoms with Gasteiger partial charge in [0.1, 0.15) is 11.8 Å². The number of hydrogen-bond donors (Lipinski definition) is 1. The van der Waals surface area contributed by atoms with Crippen LogP contribution in [0.25, 0.3) is 0 Å². The maximum absolute atomic E-state index is 12.4. The first kappa shape index (κ1) is 15.5. The Morgan fingerprint density at radius 2 is 1.83 bits per heavy atom. The van der Waals surface area contributed by atoms with Crippen LogP contribution in [0.1, 0.15) is 58.8 Å². The lowest BCUT2D eigenvalue weighted by atomic mass is 9.47. The lowest BCUT2D eigenvalue weighted by molar-refractivity contribution is -0.132. The third-order valence-electron chi connectivity index (χ3n) is 7.93. The zero-order valence-corrected chi connectivity index (χ0v) is 14.1. The Kier molecular flexibility index (Phi) is 3.36. The predicted octanol–water partition coefficient (Wildman–Crippen LogP) is 3.62. The number of aliphatic hydroxyl groups is 1. The maximum Gasteiger partial charge on any atom is 0.139 e. The standard InChI is InChI=1S/C19H27NO3/c1-18-7-5-12(21)9-11(18)10-15(20-23)17-13-3-4-16(22)19(13,2)8-6-14(17)18/h10,12-15,17,21H,3-9H2,1-2H3/t12?,13-,14+,15?,17-,18-,19-/m0/s1. The second-order valence-corrected chi connectivity index (χ2v) is 8.81. The first-order valence-electron chi connectivity index (χ1n) is 9.15. The fourth-order valence-electron chi connectivity index (χ4n) is 6.50. The average molecular weight is 317 g/mol. The van der Waals surface area contributed by atoms with Crippen LogP contribution in [0.5, 0.6) is 0 Å². The van der Waals surface area contributed by atoms with Gasteiger partial charge in [0.25, 0.3) is 0 Å². The fraction of sp³-hybridized carbons (Fsp3) is 0.842. The van der Waals surface area contributed by atoms with E-state index in [1.807, 2.05) is 0 Å². The molecule has 0 heterocycles. The summed E-state index contributed by atoms with van der Waals surface area (Å²) in [5, 5.41) is 13.5. The van der Waals surface area contributed by atoms with Gasteiger partial charge in [-0.1, -0.05) is 30.7 Å². The average Bonchev–Trinajstić information content (AvgIpc) is 2.83. The summed E-state index contributed by atoms with van der Waals surface area (Å²) in [7, 11) is 0. The van der Waals surface area contributed by atoms with E-state index >= 15 is 0 Å². The van der Waals surface area contributed by atoms with E-state index in [9.17, 15) is 14.8 Å². The van der Waals surface area contributed by atoms with Gasteiger partial charge in [-0.2, -0.15) is 4.91 Å². The molecule has 4 aliphatic carbocycles. The van der Waals surface area contributed by atoms with Gasteiger partial charge in [-0.15, -0.1) is 0 Å². The van der Waals surface area contributed by atoms with E-state index < -0.39 is 0 Å². The van der Waals surface area contributed by atoms with E-state index in [4.69, 9.17) is 0 Å². The zero-order valence-electron chi connectivity index (χ0n) is 14.1. The topological polar surface area (TPSA) is 66.7 Å². The minimum Gasteiger partial charge on any atom is -0.393 e.